The standard InChI is InChI=1S/C15H25N3O3S/c1-12-4-5-15(21-12)11-17-8-13-6-7-18(10-14(13)9-17)22(19,20)16(2)3/h4-5,13-14H,6-11H2,1-3H3/t13-,14-/m0/s1. The number of fused-ring (bicyclic) bond motifs is 1. The van der Waals surface area contributed by atoms with E-state index in [0.29, 0.717) is 24.9 Å². The minimum absolute atomic E-state index is 0.430. The number of hydrogen-bond acceptors (Lipinski definition) is 4. The van der Waals surface area contributed by atoms with Crippen LogP contribution in [0.3, 0.4) is 0 Å². The molecule has 2 fully saturated rings. The minimum atomic E-state index is -3.28. The molecule has 0 unspecified atom stereocenters. The first-order valence-electron chi connectivity index (χ1n) is 7.81. The van der Waals surface area contributed by atoms with Crippen molar-refractivity contribution in [2.45, 2.75) is 19.9 Å². The first-order chi connectivity index (χ1) is 10.4. The van der Waals surface area contributed by atoms with E-state index in [2.05, 4.69) is 4.90 Å². The van der Waals surface area contributed by atoms with Crippen LogP contribution >= 0.6 is 0 Å². The quantitative estimate of drug-likeness (QED) is 0.832. The molecule has 124 valence electrons. The Morgan fingerprint density at radius 3 is 2.59 bits per heavy atom. The fourth-order valence-electron chi connectivity index (χ4n) is 3.59. The highest BCUT2D eigenvalue weighted by Gasteiger charge is 2.40. The Kier molecular flexibility index (Phi) is 4.33. The lowest BCUT2D eigenvalue weighted by atomic mass is 9.90. The molecule has 0 N–H and O–H groups in total. The Hall–Kier alpha value is -0.890. The maximum atomic E-state index is 12.3. The summed E-state index contributed by atoms with van der Waals surface area (Å²) in [7, 11) is -0.0844. The van der Waals surface area contributed by atoms with Crippen molar-refractivity contribution in [2.75, 3.05) is 40.3 Å². The highest BCUT2D eigenvalue weighted by molar-refractivity contribution is 7.86. The predicted octanol–water partition coefficient (Wildman–Crippen LogP) is 1.15. The van der Waals surface area contributed by atoms with Gasteiger partial charge >= 0.3 is 0 Å². The molecule has 2 aliphatic heterocycles. The summed E-state index contributed by atoms with van der Waals surface area (Å²) in [5.41, 5.74) is 0. The zero-order chi connectivity index (χ0) is 15.9. The Labute approximate surface area is 132 Å². The van der Waals surface area contributed by atoms with Crippen molar-refractivity contribution in [2.24, 2.45) is 11.8 Å². The number of rotatable bonds is 4. The van der Waals surface area contributed by atoms with E-state index in [0.717, 1.165) is 37.6 Å². The third-order valence-corrected chi connectivity index (χ3v) is 6.71. The van der Waals surface area contributed by atoms with Crippen molar-refractivity contribution in [3.05, 3.63) is 23.7 Å². The van der Waals surface area contributed by atoms with Crippen LogP contribution in [0.5, 0.6) is 0 Å². The van der Waals surface area contributed by atoms with Crippen LogP contribution in [0.2, 0.25) is 0 Å². The number of aryl methyl sites for hydroxylation is 1. The van der Waals surface area contributed by atoms with E-state index in [9.17, 15) is 8.42 Å². The van der Waals surface area contributed by atoms with Gasteiger partial charge in [-0.15, -0.1) is 0 Å². The maximum Gasteiger partial charge on any atom is 0.281 e. The van der Waals surface area contributed by atoms with Crippen molar-refractivity contribution in [3.8, 4) is 0 Å². The van der Waals surface area contributed by atoms with E-state index in [1.54, 1.807) is 18.4 Å². The SMILES string of the molecule is Cc1ccc(CN2C[C@@H]3CCN(S(=O)(=O)N(C)C)C[C@@H]3C2)o1. The van der Waals surface area contributed by atoms with E-state index in [4.69, 9.17) is 4.42 Å². The van der Waals surface area contributed by atoms with Gasteiger partial charge in [0.15, 0.2) is 0 Å². The molecule has 6 nitrogen and oxygen atoms in total. The average molecular weight is 327 g/mol. The van der Waals surface area contributed by atoms with E-state index < -0.39 is 10.2 Å². The van der Waals surface area contributed by atoms with Crippen LogP contribution in [-0.2, 0) is 16.8 Å². The molecule has 0 bridgehead atoms. The Morgan fingerprint density at radius 1 is 1.23 bits per heavy atom. The van der Waals surface area contributed by atoms with Gasteiger partial charge in [0.1, 0.15) is 11.5 Å². The lowest BCUT2D eigenvalue weighted by Crippen LogP contribution is -2.47. The predicted molar refractivity (Wildman–Crippen MR) is 84.5 cm³/mol. The topological polar surface area (TPSA) is 57.0 Å². The van der Waals surface area contributed by atoms with Gasteiger partial charge in [0.2, 0.25) is 0 Å². The average Bonchev–Trinajstić information content (AvgIpc) is 3.03. The van der Waals surface area contributed by atoms with E-state index in [1.165, 1.54) is 4.31 Å². The molecule has 1 aromatic rings. The van der Waals surface area contributed by atoms with Gasteiger partial charge < -0.3 is 4.42 Å². The van der Waals surface area contributed by atoms with Crippen LogP contribution < -0.4 is 0 Å². The van der Waals surface area contributed by atoms with Crippen molar-refractivity contribution < 1.29 is 12.8 Å². The fourth-order valence-corrected chi connectivity index (χ4v) is 4.77. The van der Waals surface area contributed by atoms with E-state index >= 15 is 0 Å². The van der Waals surface area contributed by atoms with Gasteiger partial charge in [-0.05, 0) is 37.3 Å². The second kappa shape index (κ2) is 5.96. The third kappa shape index (κ3) is 3.08. The number of furan rings is 1. The zero-order valence-corrected chi connectivity index (χ0v) is 14.3. The summed E-state index contributed by atoms with van der Waals surface area (Å²) in [6.07, 6.45) is 0.950. The van der Waals surface area contributed by atoms with Gasteiger partial charge in [0.25, 0.3) is 10.2 Å². The molecular formula is C15H25N3O3S. The number of hydrogen-bond donors (Lipinski definition) is 0. The second-order valence-electron chi connectivity index (χ2n) is 6.66. The molecule has 0 amide bonds. The number of piperidine rings is 1. The van der Waals surface area contributed by atoms with Crippen molar-refractivity contribution in [1.29, 1.82) is 0 Å². The van der Waals surface area contributed by atoms with Crippen LogP contribution in [0.15, 0.2) is 16.5 Å². The summed E-state index contributed by atoms with van der Waals surface area (Å²) in [5.74, 6) is 2.97. The van der Waals surface area contributed by atoms with Gasteiger partial charge in [-0.1, -0.05) is 0 Å². The van der Waals surface area contributed by atoms with Crippen molar-refractivity contribution in [1.82, 2.24) is 13.5 Å². The third-order valence-electron chi connectivity index (χ3n) is 4.80. The normalized spacial score (nSPS) is 27.5. The second-order valence-corrected chi connectivity index (χ2v) is 8.81. The molecule has 0 radical (unpaired) electrons. The van der Waals surface area contributed by atoms with Gasteiger partial charge in [-0.3, -0.25) is 4.90 Å². The van der Waals surface area contributed by atoms with Crippen molar-refractivity contribution in [3.63, 3.8) is 0 Å². The monoisotopic (exact) mass is 327 g/mol. The molecule has 2 saturated heterocycles. The van der Waals surface area contributed by atoms with Crippen LogP contribution in [0.1, 0.15) is 17.9 Å². The minimum Gasteiger partial charge on any atom is -0.465 e. The largest absolute Gasteiger partial charge is 0.465 e. The van der Waals surface area contributed by atoms with Crippen LogP contribution in [0, 0.1) is 18.8 Å². The molecule has 3 rings (SSSR count). The molecule has 3 heterocycles. The smallest absolute Gasteiger partial charge is 0.281 e. The first kappa shape index (κ1) is 16.0. The van der Waals surface area contributed by atoms with Crippen LogP contribution in [0.4, 0.5) is 0 Å². The van der Waals surface area contributed by atoms with Crippen molar-refractivity contribution >= 4 is 10.2 Å². The maximum absolute atomic E-state index is 12.3. The van der Waals surface area contributed by atoms with E-state index in [1.807, 2.05) is 19.1 Å². The highest BCUT2D eigenvalue weighted by atomic mass is 32.2. The fraction of sp³-hybridized carbons (Fsp3) is 0.733. The molecule has 2 aliphatic rings. The molecule has 7 heteroatoms. The molecule has 22 heavy (non-hydrogen) atoms. The van der Waals surface area contributed by atoms with Gasteiger partial charge in [0, 0.05) is 40.3 Å². The Balaban J connectivity index is 1.62. The zero-order valence-electron chi connectivity index (χ0n) is 13.5. The highest BCUT2D eigenvalue weighted by Crippen LogP contribution is 2.33. The summed E-state index contributed by atoms with van der Waals surface area (Å²) < 4.78 is 33.1. The van der Waals surface area contributed by atoms with Gasteiger partial charge in [-0.25, -0.2) is 0 Å². The first-order valence-corrected chi connectivity index (χ1v) is 9.21. The summed E-state index contributed by atoms with van der Waals surface area (Å²) in [5, 5.41) is 0. The summed E-state index contributed by atoms with van der Waals surface area (Å²) >= 11 is 0. The van der Waals surface area contributed by atoms with Gasteiger partial charge in [-0.2, -0.15) is 17.0 Å². The van der Waals surface area contributed by atoms with Gasteiger partial charge in [0.05, 0.1) is 6.54 Å². The molecule has 0 aliphatic carbocycles. The molecule has 1 aromatic heterocycles. The Bertz CT molecular complexity index is 626. The number of nitrogens with zero attached hydrogens (tertiary/aromatic N) is 3. The molecule has 2 atom stereocenters. The van der Waals surface area contributed by atoms with E-state index in [-0.39, 0.29) is 0 Å². The Morgan fingerprint density at radius 2 is 1.95 bits per heavy atom. The summed E-state index contributed by atoms with van der Waals surface area (Å²) in [6, 6.07) is 4.02. The molecule has 0 saturated carbocycles. The summed E-state index contributed by atoms with van der Waals surface area (Å²) in [6.45, 7) is 6.04. The number of likely N-dealkylation sites (tertiary alicyclic amines) is 1. The molecule has 0 aromatic carbocycles. The van der Waals surface area contributed by atoms with Crippen LogP contribution in [-0.4, -0.2) is 62.2 Å². The molecular weight excluding hydrogens is 302 g/mol. The summed E-state index contributed by atoms with van der Waals surface area (Å²) in [4.78, 5) is 2.39. The molecule has 0 spiro atoms. The van der Waals surface area contributed by atoms with Crippen LogP contribution in [0.25, 0.3) is 0 Å². The lowest BCUT2D eigenvalue weighted by Gasteiger charge is -2.34. The lowest BCUT2D eigenvalue weighted by molar-refractivity contribution is 0.219.